The Morgan fingerprint density at radius 1 is 1.16 bits per heavy atom. The Morgan fingerprint density at radius 3 is 2.21 bits per heavy atom. The predicted molar refractivity (Wildman–Crippen MR) is 89.2 cm³/mol. The maximum Gasteiger partial charge on any atom is 0.241 e. The molecule has 0 heterocycles. The highest BCUT2D eigenvalue weighted by atomic mass is 127. The van der Waals surface area contributed by atoms with Crippen LogP contribution >= 0.6 is 24.0 Å². The molecule has 0 atom stereocenters. The summed E-state index contributed by atoms with van der Waals surface area (Å²) in [6.45, 7) is 9.92. The van der Waals surface area contributed by atoms with Gasteiger partial charge in [-0.2, -0.15) is 0 Å². The number of methoxy groups -OCH3 is 1. The van der Waals surface area contributed by atoms with Crippen molar-refractivity contribution >= 4 is 35.8 Å². The van der Waals surface area contributed by atoms with Crippen LogP contribution in [0.5, 0.6) is 0 Å². The lowest BCUT2D eigenvalue weighted by molar-refractivity contribution is -0.119. The van der Waals surface area contributed by atoms with Crippen molar-refractivity contribution in [3.05, 3.63) is 0 Å². The molecule has 0 aromatic carbocycles. The summed E-state index contributed by atoms with van der Waals surface area (Å²) in [6.07, 6.45) is 0. The maximum absolute atomic E-state index is 11.3. The molecule has 0 saturated heterocycles. The lowest BCUT2D eigenvalue weighted by Crippen LogP contribution is -2.45. The summed E-state index contributed by atoms with van der Waals surface area (Å²) in [4.78, 5) is 15.5. The molecule has 0 aliphatic carbocycles. The van der Waals surface area contributed by atoms with Crippen molar-refractivity contribution in [2.24, 2.45) is 4.99 Å². The van der Waals surface area contributed by atoms with Crippen LogP contribution in [0.1, 0.15) is 27.7 Å². The molecule has 0 radical (unpaired) electrons. The molecule has 0 saturated carbocycles. The van der Waals surface area contributed by atoms with Crippen LogP contribution < -0.4 is 16.0 Å². The largest absolute Gasteiger partial charge is 0.377 e. The number of carbonyl (C=O) groups excluding carboxylic acids is 1. The van der Waals surface area contributed by atoms with Gasteiger partial charge in [0.1, 0.15) is 6.54 Å². The number of ether oxygens (including phenoxy) is 1. The molecule has 0 aromatic rings. The highest BCUT2D eigenvalue weighted by Crippen LogP contribution is 2.04. The van der Waals surface area contributed by atoms with E-state index in [4.69, 9.17) is 4.74 Å². The quantitative estimate of drug-likeness (QED) is 0.343. The van der Waals surface area contributed by atoms with E-state index in [-0.39, 0.29) is 42.0 Å². The van der Waals surface area contributed by atoms with Gasteiger partial charge in [0, 0.05) is 26.7 Å². The number of rotatable bonds is 7. The predicted octanol–water partition coefficient (Wildman–Crippen LogP) is 0.721. The van der Waals surface area contributed by atoms with Crippen molar-refractivity contribution < 1.29 is 9.53 Å². The minimum Gasteiger partial charge on any atom is -0.377 e. The van der Waals surface area contributed by atoms with E-state index in [0.29, 0.717) is 19.0 Å². The number of hydrogen-bond donors (Lipinski definition) is 3. The van der Waals surface area contributed by atoms with Gasteiger partial charge in [-0.25, -0.2) is 4.99 Å². The number of nitrogens with zero attached hydrogens (tertiary/aromatic N) is 1. The topological polar surface area (TPSA) is 74.8 Å². The first kappa shape index (κ1) is 20.7. The third-order valence-electron chi connectivity index (χ3n) is 2.33. The molecule has 0 unspecified atom stereocenters. The molecular weight excluding hydrogens is 359 g/mol. The van der Waals surface area contributed by atoms with Crippen molar-refractivity contribution in [2.75, 3.05) is 33.3 Å². The zero-order valence-electron chi connectivity index (χ0n) is 12.5. The van der Waals surface area contributed by atoms with E-state index in [0.717, 1.165) is 6.54 Å². The van der Waals surface area contributed by atoms with E-state index in [1.165, 1.54) is 0 Å². The van der Waals surface area contributed by atoms with Gasteiger partial charge in [-0.3, -0.25) is 4.79 Å². The lowest BCUT2D eigenvalue weighted by Gasteiger charge is -2.24. The molecule has 0 aliphatic rings. The summed E-state index contributed by atoms with van der Waals surface area (Å²) >= 11 is 0. The fraction of sp³-hybridized carbons (Fsp3) is 0.833. The minimum absolute atomic E-state index is 0. The number of likely N-dealkylation sites (N-methyl/N-ethyl adjacent to an activating group) is 1. The number of guanidine groups is 1. The van der Waals surface area contributed by atoms with E-state index in [2.05, 4.69) is 20.9 Å². The Kier molecular flexibility index (Phi) is 12.3. The monoisotopic (exact) mass is 386 g/mol. The fourth-order valence-electron chi connectivity index (χ4n) is 1.11. The Labute approximate surface area is 133 Å². The Morgan fingerprint density at radius 2 is 1.74 bits per heavy atom. The summed E-state index contributed by atoms with van der Waals surface area (Å²) in [7, 11) is 1.67. The zero-order valence-corrected chi connectivity index (χ0v) is 14.8. The van der Waals surface area contributed by atoms with Gasteiger partial charge in [-0.1, -0.05) is 0 Å². The molecule has 0 bridgehead atoms. The smallest absolute Gasteiger partial charge is 0.241 e. The van der Waals surface area contributed by atoms with Crippen LogP contribution in [0.25, 0.3) is 0 Å². The van der Waals surface area contributed by atoms with Gasteiger partial charge in [0.25, 0.3) is 0 Å². The average Bonchev–Trinajstić information content (AvgIpc) is 2.33. The van der Waals surface area contributed by atoms with Crippen LogP contribution in [0.15, 0.2) is 4.99 Å². The van der Waals surface area contributed by atoms with Crippen LogP contribution in [0.4, 0.5) is 0 Å². The van der Waals surface area contributed by atoms with E-state index in [1.807, 2.05) is 27.7 Å². The summed E-state index contributed by atoms with van der Waals surface area (Å²) < 4.78 is 5.31. The molecule has 19 heavy (non-hydrogen) atoms. The van der Waals surface area contributed by atoms with E-state index in [1.54, 1.807) is 7.11 Å². The molecular formula is C12H27IN4O2. The number of carbonyl (C=O) groups is 1. The van der Waals surface area contributed by atoms with E-state index in [9.17, 15) is 4.79 Å². The molecule has 1 amide bonds. The van der Waals surface area contributed by atoms with Gasteiger partial charge in [0.2, 0.25) is 5.91 Å². The Hall–Kier alpha value is -0.570. The third-order valence-corrected chi connectivity index (χ3v) is 2.33. The first-order valence-electron chi connectivity index (χ1n) is 6.29. The van der Waals surface area contributed by atoms with Crippen LogP contribution in [0.3, 0.4) is 0 Å². The standard InChI is InChI=1S/C12H26N4O2.HI/c1-6-13-10(17)8-15-11(14-7-2)16-9-12(3,4)18-5;/h6-9H2,1-5H3,(H,13,17)(H2,14,15,16);1H. The van der Waals surface area contributed by atoms with Crippen molar-refractivity contribution in [3.63, 3.8) is 0 Å². The molecule has 0 aliphatic heterocycles. The second kappa shape index (κ2) is 11.3. The van der Waals surface area contributed by atoms with Crippen LogP contribution in [-0.4, -0.2) is 50.8 Å². The summed E-state index contributed by atoms with van der Waals surface area (Å²) in [6, 6.07) is 0. The molecule has 0 spiro atoms. The molecule has 0 rings (SSSR count). The summed E-state index contributed by atoms with van der Waals surface area (Å²) in [5.74, 6) is 0.537. The van der Waals surface area contributed by atoms with Crippen LogP contribution in [0, 0.1) is 0 Å². The molecule has 114 valence electrons. The van der Waals surface area contributed by atoms with Gasteiger partial charge < -0.3 is 20.7 Å². The highest BCUT2D eigenvalue weighted by Gasteiger charge is 2.16. The number of amides is 1. The lowest BCUT2D eigenvalue weighted by atomic mass is 10.1. The Bertz CT molecular complexity index is 283. The van der Waals surface area contributed by atoms with Gasteiger partial charge in [0.05, 0.1) is 5.60 Å². The van der Waals surface area contributed by atoms with Crippen LogP contribution in [-0.2, 0) is 9.53 Å². The SMILES string of the molecule is CCNC(=O)CN=C(NCC)NCC(C)(C)OC.I. The highest BCUT2D eigenvalue weighted by molar-refractivity contribution is 14.0. The van der Waals surface area contributed by atoms with Crippen molar-refractivity contribution in [2.45, 2.75) is 33.3 Å². The molecule has 3 N–H and O–H groups in total. The molecule has 0 fully saturated rings. The van der Waals surface area contributed by atoms with Gasteiger partial charge in [0.15, 0.2) is 5.96 Å². The van der Waals surface area contributed by atoms with Gasteiger partial charge in [-0.15, -0.1) is 24.0 Å². The minimum atomic E-state index is -0.276. The van der Waals surface area contributed by atoms with Crippen molar-refractivity contribution in [1.29, 1.82) is 0 Å². The first-order chi connectivity index (χ1) is 8.45. The number of hydrogen-bond acceptors (Lipinski definition) is 3. The summed E-state index contributed by atoms with van der Waals surface area (Å²) in [5.41, 5.74) is -0.276. The first-order valence-corrected chi connectivity index (χ1v) is 6.29. The number of halogens is 1. The van der Waals surface area contributed by atoms with Gasteiger partial charge >= 0.3 is 0 Å². The second-order valence-corrected chi connectivity index (χ2v) is 4.47. The molecule has 7 heteroatoms. The van der Waals surface area contributed by atoms with E-state index < -0.39 is 0 Å². The average molecular weight is 386 g/mol. The normalized spacial score (nSPS) is 11.5. The van der Waals surface area contributed by atoms with Crippen molar-refractivity contribution in [3.8, 4) is 0 Å². The molecule has 6 nitrogen and oxygen atoms in total. The van der Waals surface area contributed by atoms with Gasteiger partial charge in [-0.05, 0) is 27.7 Å². The number of nitrogens with one attached hydrogen (secondary N) is 3. The third kappa shape index (κ3) is 11.0. The fourth-order valence-corrected chi connectivity index (χ4v) is 1.11. The maximum atomic E-state index is 11.3. The van der Waals surface area contributed by atoms with Crippen LogP contribution in [0.2, 0.25) is 0 Å². The molecule has 0 aromatic heterocycles. The zero-order chi connectivity index (χ0) is 14.0. The summed E-state index contributed by atoms with van der Waals surface area (Å²) in [5, 5.41) is 8.92. The van der Waals surface area contributed by atoms with E-state index >= 15 is 0 Å². The number of aliphatic imine (C=N–C) groups is 1. The second-order valence-electron chi connectivity index (χ2n) is 4.47. The van der Waals surface area contributed by atoms with Crippen molar-refractivity contribution in [1.82, 2.24) is 16.0 Å². The Balaban J connectivity index is 0.